The maximum absolute atomic E-state index is 13.5. The van der Waals surface area contributed by atoms with Crippen molar-refractivity contribution >= 4 is 11.4 Å². The zero-order chi connectivity index (χ0) is 25.2. The van der Waals surface area contributed by atoms with Crippen LogP contribution in [0.2, 0.25) is 0 Å². The Morgan fingerprint density at radius 2 is 1.44 bits per heavy atom. The Morgan fingerprint density at radius 3 is 2.06 bits per heavy atom. The fourth-order valence-electron chi connectivity index (χ4n) is 4.10. The van der Waals surface area contributed by atoms with E-state index in [1.165, 1.54) is 10.7 Å². The molecule has 36 heavy (non-hydrogen) atoms. The molecule has 7 heteroatoms. The zero-order valence-electron chi connectivity index (χ0n) is 19.8. The van der Waals surface area contributed by atoms with Crippen molar-refractivity contribution in [2.75, 3.05) is 0 Å². The maximum atomic E-state index is 13.5. The molecule has 5 rings (SSSR count). The number of nitrogens with zero attached hydrogens (tertiary/aromatic N) is 3. The van der Waals surface area contributed by atoms with E-state index in [9.17, 15) is 14.7 Å². The van der Waals surface area contributed by atoms with Crippen molar-refractivity contribution in [3.8, 4) is 22.8 Å². The Labute approximate surface area is 206 Å². The quantitative estimate of drug-likeness (QED) is 0.362. The minimum Gasteiger partial charge on any atom is -0.507 e. The van der Waals surface area contributed by atoms with Gasteiger partial charge in [0.15, 0.2) is 5.69 Å². The molecule has 0 amide bonds. The van der Waals surface area contributed by atoms with Gasteiger partial charge in [-0.1, -0.05) is 78.9 Å². The predicted octanol–water partition coefficient (Wildman–Crippen LogP) is 4.98. The molecule has 1 N–H and O–H groups in total. The van der Waals surface area contributed by atoms with Gasteiger partial charge < -0.3 is 9.52 Å². The topological polar surface area (TPSA) is 89.7 Å². The van der Waals surface area contributed by atoms with Gasteiger partial charge in [0.1, 0.15) is 17.1 Å². The molecule has 0 saturated carbocycles. The van der Waals surface area contributed by atoms with Gasteiger partial charge in [-0.3, -0.25) is 9.48 Å². The fraction of sp³-hybridized carbons (Fsp3) is 0.0690. The second-order valence-electron chi connectivity index (χ2n) is 8.26. The molecule has 0 fully saturated rings. The number of aliphatic imine (C=N–C) groups is 1. The molecule has 0 aliphatic heterocycles. The number of rotatable bonds is 5. The van der Waals surface area contributed by atoms with Crippen molar-refractivity contribution in [3.05, 3.63) is 135 Å². The predicted molar refractivity (Wildman–Crippen MR) is 140 cm³/mol. The Hall–Kier alpha value is -4.91. The molecule has 0 atom stereocenters. The first-order valence-corrected chi connectivity index (χ1v) is 11.4. The molecule has 178 valence electrons. The first kappa shape index (κ1) is 22.9. The van der Waals surface area contributed by atoms with Crippen molar-refractivity contribution in [2.45, 2.75) is 6.92 Å². The lowest BCUT2D eigenvalue weighted by Gasteiger charge is -2.09. The average Bonchev–Trinajstić information content (AvgIpc) is 3.11. The van der Waals surface area contributed by atoms with Gasteiger partial charge >= 0.3 is 5.63 Å². The maximum Gasteiger partial charge on any atom is 0.349 e. The van der Waals surface area contributed by atoms with Crippen LogP contribution < -0.4 is 11.2 Å². The second-order valence-corrected chi connectivity index (χ2v) is 8.26. The van der Waals surface area contributed by atoms with E-state index in [1.807, 2.05) is 54.6 Å². The van der Waals surface area contributed by atoms with Gasteiger partial charge in [-0.2, -0.15) is 0 Å². The highest BCUT2D eigenvalue weighted by Crippen LogP contribution is 2.27. The lowest BCUT2D eigenvalue weighted by Crippen LogP contribution is -2.20. The molecular formula is C29H23N3O4. The van der Waals surface area contributed by atoms with E-state index in [0.717, 1.165) is 0 Å². The number of para-hydroxylation sites is 1. The van der Waals surface area contributed by atoms with Crippen LogP contribution >= 0.6 is 0 Å². The molecule has 2 aromatic heterocycles. The van der Waals surface area contributed by atoms with Crippen LogP contribution in [0.15, 0.2) is 116 Å². The largest absolute Gasteiger partial charge is 0.507 e. The van der Waals surface area contributed by atoms with Crippen LogP contribution in [0.4, 0.5) is 5.69 Å². The van der Waals surface area contributed by atoms with E-state index in [4.69, 9.17) is 4.42 Å². The minimum atomic E-state index is -0.756. The van der Waals surface area contributed by atoms with Crippen LogP contribution in [0.1, 0.15) is 16.8 Å². The van der Waals surface area contributed by atoms with Gasteiger partial charge in [0.25, 0.3) is 5.56 Å². The summed E-state index contributed by atoms with van der Waals surface area (Å²) in [5.74, 6) is -0.0544. The number of hydrogen-bond acceptors (Lipinski definition) is 5. The van der Waals surface area contributed by atoms with Gasteiger partial charge in [-0.15, -0.1) is 0 Å². The summed E-state index contributed by atoms with van der Waals surface area (Å²) in [7, 11) is 1.77. The van der Waals surface area contributed by atoms with E-state index in [2.05, 4.69) is 4.99 Å². The molecule has 7 nitrogen and oxygen atoms in total. The fourth-order valence-corrected chi connectivity index (χ4v) is 4.10. The normalized spacial score (nSPS) is 11.6. The van der Waals surface area contributed by atoms with Gasteiger partial charge in [0.05, 0.1) is 17.1 Å². The van der Waals surface area contributed by atoms with Crippen molar-refractivity contribution in [1.29, 1.82) is 0 Å². The van der Waals surface area contributed by atoms with Gasteiger partial charge in [-0.25, -0.2) is 14.5 Å². The summed E-state index contributed by atoms with van der Waals surface area (Å²) in [5.41, 5.74) is 1.58. The summed E-state index contributed by atoms with van der Waals surface area (Å²) in [6.07, 6.45) is 0. The molecule has 0 radical (unpaired) electrons. The highest BCUT2D eigenvalue weighted by Gasteiger charge is 2.23. The average molecular weight is 478 g/mol. The zero-order valence-corrected chi connectivity index (χ0v) is 19.8. The third kappa shape index (κ3) is 4.07. The van der Waals surface area contributed by atoms with Crippen molar-refractivity contribution < 1.29 is 9.52 Å². The highest BCUT2D eigenvalue weighted by atomic mass is 16.4. The summed E-state index contributed by atoms with van der Waals surface area (Å²) in [4.78, 5) is 31.4. The van der Waals surface area contributed by atoms with E-state index in [-0.39, 0.29) is 34.0 Å². The number of hydrogen-bond donors (Lipinski definition) is 1. The second kappa shape index (κ2) is 9.38. The summed E-state index contributed by atoms with van der Waals surface area (Å²) in [5, 5.41) is 11.0. The van der Waals surface area contributed by atoms with Crippen LogP contribution in [0.5, 0.6) is 5.75 Å². The van der Waals surface area contributed by atoms with E-state index in [0.29, 0.717) is 22.5 Å². The number of aromatic hydroxyl groups is 1. The van der Waals surface area contributed by atoms with Crippen LogP contribution in [0.3, 0.4) is 0 Å². The SMILES string of the molecule is Cc1c(N=C(c2ccccc2)c2c(O)cc(-c3ccccc3)oc2=O)c(=O)n(-c2ccccc2)n1C. The standard InChI is InChI=1S/C29H23N3O4/c1-19-26(28(34)32(31(19)2)22-16-10-5-11-17-22)30-27(21-14-8-4-9-15-21)25-23(33)18-24(36-29(25)35)20-12-6-3-7-13-20/h3-18,33H,1-2H3. The Kier molecular flexibility index (Phi) is 5.96. The molecule has 2 heterocycles. The molecule has 0 aliphatic carbocycles. The van der Waals surface area contributed by atoms with Crippen LogP contribution in [-0.4, -0.2) is 20.2 Å². The van der Waals surface area contributed by atoms with Crippen molar-refractivity contribution in [2.24, 2.45) is 12.0 Å². The molecule has 5 aromatic rings. The molecule has 0 bridgehead atoms. The van der Waals surface area contributed by atoms with Crippen LogP contribution in [0, 0.1) is 6.92 Å². The molecule has 0 unspecified atom stereocenters. The van der Waals surface area contributed by atoms with Crippen LogP contribution in [-0.2, 0) is 7.05 Å². The number of aromatic nitrogens is 2. The van der Waals surface area contributed by atoms with E-state index in [1.54, 1.807) is 55.1 Å². The molecule has 0 spiro atoms. The number of benzene rings is 3. The Morgan fingerprint density at radius 1 is 0.861 bits per heavy atom. The lowest BCUT2D eigenvalue weighted by atomic mass is 10.0. The van der Waals surface area contributed by atoms with E-state index < -0.39 is 5.63 Å². The monoisotopic (exact) mass is 477 g/mol. The van der Waals surface area contributed by atoms with Crippen molar-refractivity contribution in [3.63, 3.8) is 0 Å². The Balaban J connectivity index is 1.74. The van der Waals surface area contributed by atoms with Gasteiger partial charge in [-0.05, 0) is 19.1 Å². The first-order valence-electron chi connectivity index (χ1n) is 11.4. The Bertz CT molecular complexity index is 1680. The van der Waals surface area contributed by atoms with Gasteiger partial charge in [0.2, 0.25) is 0 Å². The van der Waals surface area contributed by atoms with E-state index >= 15 is 0 Å². The third-order valence-corrected chi connectivity index (χ3v) is 6.02. The van der Waals surface area contributed by atoms with Crippen molar-refractivity contribution in [1.82, 2.24) is 9.36 Å². The van der Waals surface area contributed by atoms with Crippen LogP contribution in [0.25, 0.3) is 17.0 Å². The van der Waals surface area contributed by atoms with Gasteiger partial charge in [0, 0.05) is 24.2 Å². The summed E-state index contributed by atoms with van der Waals surface area (Å²) in [6, 6.07) is 28.6. The molecule has 0 saturated heterocycles. The summed E-state index contributed by atoms with van der Waals surface area (Å²) in [6.45, 7) is 1.78. The minimum absolute atomic E-state index is 0.116. The highest BCUT2D eigenvalue weighted by molar-refractivity contribution is 6.15. The molecule has 0 aliphatic rings. The molecule has 3 aromatic carbocycles. The summed E-state index contributed by atoms with van der Waals surface area (Å²) < 4.78 is 8.81. The lowest BCUT2D eigenvalue weighted by molar-refractivity contribution is 0.451. The first-order chi connectivity index (χ1) is 17.5. The third-order valence-electron chi connectivity index (χ3n) is 6.02. The summed E-state index contributed by atoms with van der Waals surface area (Å²) >= 11 is 0. The smallest absolute Gasteiger partial charge is 0.349 e. The molecular weight excluding hydrogens is 454 g/mol.